The second kappa shape index (κ2) is 6.53. The summed E-state index contributed by atoms with van der Waals surface area (Å²) in [5.41, 5.74) is 3.49. The second-order valence-corrected chi connectivity index (χ2v) is 7.37. The molecule has 0 aromatic carbocycles. The fraction of sp³-hybridized carbons (Fsp3) is 0.444. The Labute approximate surface area is 145 Å². The molecule has 1 aliphatic heterocycles. The molecular weight excluding hydrogens is 320 g/mol. The van der Waals surface area contributed by atoms with Gasteiger partial charge in [-0.05, 0) is 37.3 Å². The zero-order chi connectivity index (χ0) is 16.5. The Morgan fingerprint density at radius 1 is 1.29 bits per heavy atom. The van der Waals surface area contributed by atoms with Crippen molar-refractivity contribution in [1.29, 1.82) is 0 Å². The van der Waals surface area contributed by atoms with E-state index in [9.17, 15) is 0 Å². The van der Waals surface area contributed by atoms with Gasteiger partial charge >= 0.3 is 0 Å². The maximum atomic E-state index is 6.28. The van der Waals surface area contributed by atoms with Gasteiger partial charge in [-0.3, -0.25) is 14.6 Å². The third-order valence-electron chi connectivity index (χ3n) is 4.65. The van der Waals surface area contributed by atoms with Gasteiger partial charge in [-0.25, -0.2) is 0 Å². The second-order valence-electron chi connectivity index (χ2n) is 6.45. The van der Waals surface area contributed by atoms with Gasteiger partial charge in [0.15, 0.2) is 0 Å². The molecule has 1 aliphatic rings. The van der Waals surface area contributed by atoms with Crippen molar-refractivity contribution in [1.82, 2.24) is 19.7 Å². The summed E-state index contributed by atoms with van der Waals surface area (Å²) >= 11 is 1.70. The van der Waals surface area contributed by atoms with E-state index in [1.54, 1.807) is 11.3 Å². The van der Waals surface area contributed by atoms with Crippen LogP contribution in [-0.2, 0) is 13.6 Å². The average molecular weight is 342 g/mol. The molecule has 0 aliphatic carbocycles. The third kappa shape index (κ3) is 3.16. The molecule has 0 bridgehead atoms. The number of aromatic nitrogens is 3. The third-order valence-corrected chi connectivity index (χ3v) is 5.56. The lowest BCUT2D eigenvalue weighted by Gasteiger charge is -2.32. The molecule has 1 saturated heterocycles. The molecule has 1 fully saturated rings. The first kappa shape index (κ1) is 15.6. The van der Waals surface area contributed by atoms with Crippen molar-refractivity contribution in [2.75, 3.05) is 13.1 Å². The molecule has 24 heavy (non-hydrogen) atoms. The highest BCUT2D eigenvalue weighted by Gasteiger charge is 2.22. The summed E-state index contributed by atoms with van der Waals surface area (Å²) in [4.78, 5) is 6.88. The Hall–Kier alpha value is -1.92. The van der Waals surface area contributed by atoms with Crippen LogP contribution in [0.2, 0.25) is 0 Å². The lowest BCUT2D eigenvalue weighted by molar-refractivity contribution is 0.0979. The van der Waals surface area contributed by atoms with E-state index in [1.807, 2.05) is 30.1 Å². The van der Waals surface area contributed by atoms with Crippen LogP contribution in [0.5, 0.6) is 5.75 Å². The van der Waals surface area contributed by atoms with Crippen molar-refractivity contribution in [3.05, 3.63) is 41.2 Å². The lowest BCUT2D eigenvalue weighted by atomic mass is 10.1. The molecule has 4 heterocycles. The Morgan fingerprint density at radius 2 is 2.12 bits per heavy atom. The van der Waals surface area contributed by atoms with Crippen LogP contribution in [0.25, 0.3) is 10.2 Å². The number of piperidine rings is 1. The Morgan fingerprint density at radius 3 is 2.88 bits per heavy atom. The van der Waals surface area contributed by atoms with E-state index >= 15 is 0 Å². The van der Waals surface area contributed by atoms with Crippen LogP contribution in [0, 0.1) is 6.92 Å². The molecule has 126 valence electrons. The maximum absolute atomic E-state index is 6.28. The van der Waals surface area contributed by atoms with E-state index in [0.717, 1.165) is 54.1 Å². The predicted molar refractivity (Wildman–Crippen MR) is 96.5 cm³/mol. The summed E-state index contributed by atoms with van der Waals surface area (Å²) in [6, 6.07) is 4.04. The molecule has 3 aromatic rings. The minimum Gasteiger partial charge on any atom is -0.489 e. The van der Waals surface area contributed by atoms with Crippen molar-refractivity contribution in [3.63, 3.8) is 0 Å². The van der Waals surface area contributed by atoms with Gasteiger partial charge in [0.2, 0.25) is 0 Å². The quantitative estimate of drug-likeness (QED) is 0.729. The largest absolute Gasteiger partial charge is 0.489 e. The Kier molecular flexibility index (Phi) is 4.24. The van der Waals surface area contributed by atoms with Crippen molar-refractivity contribution in [3.8, 4) is 5.75 Å². The molecule has 0 spiro atoms. The zero-order valence-corrected chi connectivity index (χ0v) is 14.9. The highest BCUT2D eigenvalue weighted by Crippen LogP contribution is 2.31. The SMILES string of the molecule is Cc1nn(C)cc1CN1CCC(Oc2ccnc3ccsc23)CC1. The van der Waals surface area contributed by atoms with Crippen LogP contribution in [0.4, 0.5) is 0 Å². The molecule has 0 saturated carbocycles. The summed E-state index contributed by atoms with van der Waals surface area (Å²) in [6.07, 6.45) is 6.39. The van der Waals surface area contributed by atoms with E-state index in [-0.39, 0.29) is 0 Å². The molecule has 4 rings (SSSR count). The molecule has 0 amide bonds. The molecule has 3 aromatic heterocycles. The van der Waals surface area contributed by atoms with Gasteiger partial charge < -0.3 is 4.74 Å². The molecular formula is C18H22N4OS. The van der Waals surface area contributed by atoms with Crippen molar-refractivity contribution in [2.45, 2.75) is 32.4 Å². The first-order valence-corrected chi connectivity index (χ1v) is 9.27. The molecule has 5 nitrogen and oxygen atoms in total. The predicted octanol–water partition coefficient (Wildman–Crippen LogP) is 3.38. The number of fused-ring (bicyclic) bond motifs is 1. The van der Waals surface area contributed by atoms with Crippen molar-refractivity contribution >= 4 is 21.6 Å². The normalized spacial score (nSPS) is 16.8. The fourth-order valence-electron chi connectivity index (χ4n) is 3.35. The van der Waals surface area contributed by atoms with Crippen LogP contribution < -0.4 is 4.74 Å². The first-order valence-electron chi connectivity index (χ1n) is 8.39. The minimum atomic E-state index is 0.295. The summed E-state index contributed by atoms with van der Waals surface area (Å²) in [5, 5.41) is 6.50. The summed E-state index contributed by atoms with van der Waals surface area (Å²) in [5.74, 6) is 0.983. The summed E-state index contributed by atoms with van der Waals surface area (Å²) in [7, 11) is 1.98. The fourth-order valence-corrected chi connectivity index (χ4v) is 4.16. The summed E-state index contributed by atoms with van der Waals surface area (Å²) < 4.78 is 9.34. The number of aryl methyl sites for hydroxylation is 2. The molecule has 0 N–H and O–H groups in total. The van der Waals surface area contributed by atoms with E-state index in [0.29, 0.717) is 6.10 Å². The Bertz CT molecular complexity index is 833. The van der Waals surface area contributed by atoms with Crippen molar-refractivity contribution in [2.24, 2.45) is 7.05 Å². The van der Waals surface area contributed by atoms with Crippen molar-refractivity contribution < 1.29 is 4.74 Å². The van der Waals surface area contributed by atoms with Crippen LogP contribution in [-0.4, -0.2) is 38.9 Å². The first-order chi connectivity index (χ1) is 11.7. The van der Waals surface area contributed by atoms with E-state index in [4.69, 9.17) is 4.74 Å². The summed E-state index contributed by atoms with van der Waals surface area (Å²) in [6.45, 7) is 5.20. The number of hydrogen-bond acceptors (Lipinski definition) is 5. The van der Waals surface area contributed by atoms with Crippen LogP contribution >= 0.6 is 11.3 Å². The van der Waals surface area contributed by atoms with Gasteiger partial charge in [0.25, 0.3) is 0 Å². The molecule has 0 unspecified atom stereocenters. The van der Waals surface area contributed by atoms with Gasteiger partial charge in [-0.15, -0.1) is 11.3 Å². The molecule has 0 radical (unpaired) electrons. The van der Waals surface area contributed by atoms with Crippen LogP contribution in [0.3, 0.4) is 0 Å². The smallest absolute Gasteiger partial charge is 0.140 e. The average Bonchev–Trinajstić information content (AvgIpc) is 3.16. The van der Waals surface area contributed by atoms with E-state index in [1.165, 1.54) is 5.56 Å². The van der Waals surface area contributed by atoms with Crippen LogP contribution in [0.15, 0.2) is 29.9 Å². The number of ether oxygens (including phenoxy) is 1. The number of rotatable bonds is 4. The Balaban J connectivity index is 1.36. The van der Waals surface area contributed by atoms with E-state index < -0.39 is 0 Å². The van der Waals surface area contributed by atoms with Gasteiger partial charge in [0.1, 0.15) is 11.9 Å². The number of thiophene rings is 1. The minimum absolute atomic E-state index is 0.295. The van der Waals surface area contributed by atoms with Crippen LogP contribution in [0.1, 0.15) is 24.1 Å². The zero-order valence-electron chi connectivity index (χ0n) is 14.1. The number of nitrogens with zero attached hydrogens (tertiary/aromatic N) is 4. The van der Waals surface area contributed by atoms with Gasteiger partial charge in [-0.1, -0.05) is 0 Å². The van der Waals surface area contributed by atoms with Gasteiger partial charge in [-0.2, -0.15) is 5.10 Å². The standard InChI is InChI=1S/C18H22N4OS/c1-13-14(11-21(2)20-13)12-22-8-4-15(5-9-22)23-17-3-7-19-16-6-10-24-18(16)17/h3,6-7,10-11,15H,4-5,8-9,12H2,1-2H3. The number of hydrogen-bond donors (Lipinski definition) is 0. The number of pyridine rings is 1. The van der Waals surface area contributed by atoms with E-state index in [2.05, 4.69) is 33.5 Å². The molecule has 6 heteroatoms. The monoisotopic (exact) mass is 342 g/mol. The number of likely N-dealkylation sites (tertiary alicyclic amines) is 1. The molecule has 0 atom stereocenters. The lowest BCUT2D eigenvalue weighted by Crippen LogP contribution is -2.37. The highest BCUT2D eigenvalue weighted by molar-refractivity contribution is 7.17. The maximum Gasteiger partial charge on any atom is 0.140 e. The highest BCUT2D eigenvalue weighted by atomic mass is 32.1. The van der Waals surface area contributed by atoms with Gasteiger partial charge in [0.05, 0.1) is 15.9 Å². The van der Waals surface area contributed by atoms with Gasteiger partial charge in [0, 0.05) is 44.6 Å². The topological polar surface area (TPSA) is 43.2 Å².